The van der Waals surface area contributed by atoms with Crippen LogP contribution in [-0.2, 0) is 27.3 Å². The molecule has 0 fully saturated rings. The lowest BCUT2D eigenvalue weighted by atomic mass is 10.0. The minimum atomic E-state index is -0.481. The van der Waals surface area contributed by atoms with Crippen LogP contribution in [0.15, 0.2) is 47.4 Å². The van der Waals surface area contributed by atoms with Gasteiger partial charge in [-0.25, -0.2) is 4.79 Å². The van der Waals surface area contributed by atoms with E-state index in [9.17, 15) is 19.2 Å². The van der Waals surface area contributed by atoms with Crippen molar-refractivity contribution >= 4 is 57.5 Å². The molecular formula is C31H35N3O7S2. The number of esters is 1. The maximum atomic E-state index is 13.5. The Morgan fingerprint density at radius 3 is 2.47 bits per heavy atom. The molecule has 3 amide bonds. The highest BCUT2D eigenvalue weighted by molar-refractivity contribution is 8.00. The first kappa shape index (κ1) is 31.9. The lowest BCUT2D eigenvalue weighted by Gasteiger charge is -2.25. The van der Waals surface area contributed by atoms with Crippen LogP contribution in [0.3, 0.4) is 0 Å². The first-order valence-corrected chi connectivity index (χ1v) is 15.6. The Kier molecular flexibility index (Phi) is 10.7. The number of ether oxygens (including phenoxy) is 3. The van der Waals surface area contributed by atoms with Crippen molar-refractivity contribution in [1.82, 2.24) is 4.90 Å². The number of carbonyl (C=O) groups excluding carboxylic acids is 4. The fourth-order valence-electron chi connectivity index (χ4n) is 4.69. The van der Waals surface area contributed by atoms with Gasteiger partial charge in [0.05, 0.1) is 38.2 Å². The van der Waals surface area contributed by atoms with Crippen molar-refractivity contribution in [3.05, 3.63) is 64.0 Å². The van der Waals surface area contributed by atoms with Crippen LogP contribution in [0.2, 0.25) is 0 Å². The second kappa shape index (κ2) is 14.4. The summed E-state index contributed by atoms with van der Waals surface area (Å²) in [6, 6.07) is 12.2. The predicted octanol–water partition coefficient (Wildman–Crippen LogP) is 5.61. The number of thioether (sulfide) groups is 1. The molecule has 1 aliphatic rings. The third kappa shape index (κ3) is 7.49. The summed E-state index contributed by atoms with van der Waals surface area (Å²) in [5, 5.41) is 5.83. The van der Waals surface area contributed by atoms with Gasteiger partial charge in [0.25, 0.3) is 5.91 Å². The number of benzene rings is 2. The number of hydrogen-bond acceptors (Lipinski definition) is 9. The van der Waals surface area contributed by atoms with Gasteiger partial charge in [-0.1, -0.05) is 13.0 Å². The average Bonchev–Trinajstić information content (AvgIpc) is 3.36. The van der Waals surface area contributed by atoms with E-state index < -0.39 is 11.2 Å². The number of nitrogens with zero attached hydrogens (tertiary/aromatic N) is 1. The normalized spacial score (nSPS) is 13.0. The van der Waals surface area contributed by atoms with E-state index in [-0.39, 0.29) is 24.3 Å². The van der Waals surface area contributed by atoms with Crippen molar-refractivity contribution in [2.45, 2.75) is 50.3 Å². The van der Waals surface area contributed by atoms with Gasteiger partial charge in [0, 0.05) is 34.5 Å². The van der Waals surface area contributed by atoms with E-state index in [1.807, 2.05) is 25.1 Å². The summed E-state index contributed by atoms with van der Waals surface area (Å²) in [6.07, 6.45) is 1.04. The van der Waals surface area contributed by atoms with Crippen LogP contribution in [0.4, 0.5) is 10.7 Å². The minimum absolute atomic E-state index is 0.0353. The van der Waals surface area contributed by atoms with Crippen molar-refractivity contribution in [3.8, 4) is 11.5 Å². The molecule has 4 rings (SSSR count). The lowest BCUT2D eigenvalue weighted by Crippen LogP contribution is -2.34. The zero-order chi connectivity index (χ0) is 31.1. The fraction of sp³-hybridized carbons (Fsp3) is 0.355. The first-order chi connectivity index (χ1) is 20.7. The van der Waals surface area contributed by atoms with Crippen LogP contribution in [0.5, 0.6) is 11.5 Å². The summed E-state index contributed by atoms with van der Waals surface area (Å²) in [5.74, 6) is -0.108. The summed E-state index contributed by atoms with van der Waals surface area (Å²) in [5.41, 5.74) is 2.18. The number of thiophene rings is 1. The van der Waals surface area contributed by atoms with Gasteiger partial charge in [0.2, 0.25) is 11.8 Å². The quantitative estimate of drug-likeness (QED) is 0.208. The lowest BCUT2D eigenvalue weighted by molar-refractivity contribution is -0.129. The van der Waals surface area contributed by atoms with Gasteiger partial charge in [0.1, 0.15) is 5.00 Å². The molecule has 1 unspecified atom stereocenters. The van der Waals surface area contributed by atoms with Crippen LogP contribution in [-0.4, -0.2) is 61.2 Å². The Hall–Kier alpha value is -4.03. The molecule has 43 heavy (non-hydrogen) atoms. The Morgan fingerprint density at radius 1 is 1.02 bits per heavy atom. The molecule has 1 aromatic heterocycles. The van der Waals surface area contributed by atoms with Gasteiger partial charge >= 0.3 is 5.97 Å². The number of rotatable bonds is 11. The van der Waals surface area contributed by atoms with Crippen LogP contribution in [0, 0.1) is 0 Å². The zero-order valence-electron chi connectivity index (χ0n) is 24.8. The highest BCUT2D eigenvalue weighted by Gasteiger charge is 2.31. The maximum absolute atomic E-state index is 13.5. The number of hydrogen-bond donors (Lipinski definition) is 2. The van der Waals surface area contributed by atoms with E-state index in [4.69, 9.17) is 14.2 Å². The van der Waals surface area contributed by atoms with Gasteiger partial charge in [-0.15, -0.1) is 23.1 Å². The molecule has 0 radical (unpaired) electrons. The van der Waals surface area contributed by atoms with E-state index in [0.717, 1.165) is 15.3 Å². The summed E-state index contributed by atoms with van der Waals surface area (Å²) in [4.78, 5) is 54.7. The molecule has 2 N–H and O–H groups in total. The standard InChI is InChI=1S/C31H35N3O7S2/c1-6-25(29(37)33-30-27(31(38)41-7-2)22-13-14-34(18(3)35)17-26(22)43-30)42-21-10-8-9-20(16-21)32-28(36)19-11-12-23(39-4)24(15-19)40-5/h8-12,15-16,25H,6-7,13-14,17H2,1-5H3,(H,32,36)(H,33,37). The fourth-order valence-corrected chi connectivity index (χ4v) is 6.95. The largest absolute Gasteiger partial charge is 0.493 e. The van der Waals surface area contributed by atoms with Crippen molar-refractivity contribution in [1.29, 1.82) is 0 Å². The highest BCUT2D eigenvalue weighted by atomic mass is 32.2. The number of carbonyl (C=O) groups is 4. The van der Waals surface area contributed by atoms with Crippen LogP contribution in [0.25, 0.3) is 0 Å². The van der Waals surface area contributed by atoms with Gasteiger partial charge < -0.3 is 29.7 Å². The number of anilines is 2. The average molecular weight is 626 g/mol. The zero-order valence-corrected chi connectivity index (χ0v) is 26.4. The third-order valence-corrected chi connectivity index (χ3v) is 9.39. The van der Waals surface area contributed by atoms with Gasteiger partial charge in [-0.3, -0.25) is 14.4 Å². The molecule has 3 aromatic rings. The molecule has 2 heterocycles. The van der Waals surface area contributed by atoms with Crippen LogP contribution in [0.1, 0.15) is 58.3 Å². The van der Waals surface area contributed by atoms with Crippen LogP contribution >= 0.6 is 23.1 Å². The van der Waals surface area contributed by atoms with Crippen molar-refractivity contribution in [3.63, 3.8) is 0 Å². The summed E-state index contributed by atoms with van der Waals surface area (Å²) >= 11 is 2.68. The highest BCUT2D eigenvalue weighted by Crippen LogP contribution is 2.39. The Bertz CT molecular complexity index is 1520. The topological polar surface area (TPSA) is 123 Å². The SMILES string of the molecule is CCOC(=O)c1c(NC(=O)C(CC)Sc2cccc(NC(=O)c3ccc(OC)c(OC)c3)c2)sc2c1CCN(C(C)=O)C2. The number of methoxy groups -OCH3 is 2. The molecule has 12 heteroatoms. The Labute approximate surface area is 259 Å². The second-order valence-electron chi connectivity index (χ2n) is 9.67. The van der Waals surface area contributed by atoms with E-state index in [0.29, 0.717) is 59.2 Å². The minimum Gasteiger partial charge on any atom is -0.493 e. The van der Waals surface area contributed by atoms with E-state index >= 15 is 0 Å². The van der Waals surface area contributed by atoms with Gasteiger partial charge in [-0.2, -0.15) is 0 Å². The van der Waals surface area contributed by atoms with Crippen molar-refractivity contribution in [2.24, 2.45) is 0 Å². The molecular weight excluding hydrogens is 590 g/mol. The van der Waals surface area contributed by atoms with E-state index in [1.54, 1.807) is 36.1 Å². The summed E-state index contributed by atoms with van der Waals surface area (Å²) < 4.78 is 15.9. The number of amides is 3. The predicted molar refractivity (Wildman–Crippen MR) is 168 cm³/mol. The summed E-state index contributed by atoms with van der Waals surface area (Å²) in [7, 11) is 3.04. The van der Waals surface area contributed by atoms with Crippen LogP contribution < -0.4 is 20.1 Å². The Morgan fingerprint density at radius 2 is 1.79 bits per heavy atom. The van der Waals surface area contributed by atoms with Crippen molar-refractivity contribution < 1.29 is 33.4 Å². The second-order valence-corrected chi connectivity index (χ2v) is 12.1. The first-order valence-electron chi connectivity index (χ1n) is 13.9. The van der Waals surface area contributed by atoms with Gasteiger partial charge in [-0.05, 0) is 61.7 Å². The summed E-state index contributed by atoms with van der Waals surface area (Å²) in [6.45, 7) is 6.28. The van der Waals surface area contributed by atoms with Crippen molar-refractivity contribution in [2.75, 3.05) is 38.0 Å². The molecule has 0 bridgehead atoms. The molecule has 0 spiro atoms. The molecule has 10 nitrogen and oxygen atoms in total. The van der Waals surface area contributed by atoms with Gasteiger partial charge in [0.15, 0.2) is 11.5 Å². The number of nitrogens with one attached hydrogen (secondary N) is 2. The third-order valence-electron chi connectivity index (χ3n) is 6.90. The molecule has 0 saturated carbocycles. The molecule has 0 saturated heterocycles. The van der Waals surface area contributed by atoms with E-state index in [2.05, 4.69) is 10.6 Å². The molecule has 228 valence electrons. The molecule has 1 atom stereocenters. The Balaban J connectivity index is 1.49. The number of fused-ring (bicyclic) bond motifs is 1. The monoisotopic (exact) mass is 625 g/mol. The molecule has 1 aliphatic heterocycles. The van der Waals surface area contributed by atoms with E-state index in [1.165, 1.54) is 44.2 Å². The molecule has 2 aromatic carbocycles. The smallest absolute Gasteiger partial charge is 0.341 e. The molecule has 0 aliphatic carbocycles. The maximum Gasteiger partial charge on any atom is 0.341 e.